The summed E-state index contributed by atoms with van der Waals surface area (Å²) in [4.78, 5) is 10.9. The molecule has 0 bridgehead atoms. The van der Waals surface area contributed by atoms with E-state index in [9.17, 15) is 4.79 Å². The third-order valence-electron chi connectivity index (χ3n) is 3.02. The highest BCUT2D eigenvalue weighted by Gasteiger charge is 2.03. The summed E-state index contributed by atoms with van der Waals surface area (Å²) < 4.78 is 5.22. The summed E-state index contributed by atoms with van der Waals surface area (Å²) in [6.45, 7) is 1.48. The molecule has 0 saturated heterocycles. The summed E-state index contributed by atoms with van der Waals surface area (Å²) in [6, 6.07) is 0. The van der Waals surface area contributed by atoms with E-state index in [1.165, 1.54) is 51.9 Å². The number of hydrogen-bond acceptors (Lipinski definition) is 2. The Balaban J connectivity index is 2.40. The van der Waals surface area contributed by atoms with Crippen LogP contribution in [-0.2, 0) is 9.53 Å². The molecular formula is C14H24O2. The van der Waals surface area contributed by atoms with Crippen LogP contribution in [0.15, 0.2) is 11.8 Å². The second-order valence-electron chi connectivity index (χ2n) is 4.63. The monoisotopic (exact) mass is 224 g/mol. The van der Waals surface area contributed by atoms with Gasteiger partial charge in [-0.3, -0.25) is 4.79 Å². The van der Waals surface area contributed by atoms with Crippen molar-refractivity contribution in [3.05, 3.63) is 11.8 Å². The maximum absolute atomic E-state index is 10.9. The summed E-state index contributed by atoms with van der Waals surface area (Å²) in [6.07, 6.45) is 14.5. The van der Waals surface area contributed by atoms with Crippen LogP contribution in [0.4, 0.5) is 0 Å². The fourth-order valence-corrected chi connectivity index (χ4v) is 2.15. The van der Waals surface area contributed by atoms with Crippen molar-refractivity contribution in [2.24, 2.45) is 0 Å². The lowest BCUT2D eigenvalue weighted by Gasteiger charge is -2.09. The third-order valence-corrected chi connectivity index (χ3v) is 3.02. The molecule has 0 radical (unpaired) electrons. The lowest BCUT2D eigenvalue weighted by atomic mass is 10.0. The van der Waals surface area contributed by atoms with Crippen molar-refractivity contribution in [3.8, 4) is 0 Å². The Morgan fingerprint density at radius 2 is 1.56 bits per heavy atom. The molecular weight excluding hydrogens is 200 g/mol. The van der Waals surface area contributed by atoms with Crippen molar-refractivity contribution in [3.63, 3.8) is 0 Å². The third kappa shape index (κ3) is 6.65. The molecule has 16 heavy (non-hydrogen) atoms. The molecule has 0 N–H and O–H groups in total. The first-order valence-electron chi connectivity index (χ1n) is 6.66. The van der Waals surface area contributed by atoms with Crippen molar-refractivity contribution in [2.45, 2.75) is 71.1 Å². The molecule has 0 aromatic heterocycles. The second-order valence-corrected chi connectivity index (χ2v) is 4.63. The van der Waals surface area contributed by atoms with Crippen molar-refractivity contribution in [1.82, 2.24) is 0 Å². The Morgan fingerprint density at radius 1 is 1.00 bits per heavy atom. The number of esters is 1. The van der Waals surface area contributed by atoms with Gasteiger partial charge in [-0.05, 0) is 25.3 Å². The van der Waals surface area contributed by atoms with E-state index in [4.69, 9.17) is 4.74 Å². The number of hydrogen-bond donors (Lipinski definition) is 0. The van der Waals surface area contributed by atoms with Crippen LogP contribution in [-0.4, -0.2) is 5.97 Å². The summed E-state index contributed by atoms with van der Waals surface area (Å²) in [5.74, 6) is 0.714. The minimum Gasteiger partial charge on any atom is -0.432 e. The van der Waals surface area contributed by atoms with E-state index in [1.54, 1.807) is 0 Å². The first-order chi connectivity index (χ1) is 7.79. The van der Waals surface area contributed by atoms with Crippen LogP contribution in [0.25, 0.3) is 0 Å². The second kappa shape index (κ2) is 8.37. The summed E-state index contributed by atoms with van der Waals surface area (Å²) in [5.41, 5.74) is 0. The Hall–Kier alpha value is -0.790. The van der Waals surface area contributed by atoms with Crippen molar-refractivity contribution in [2.75, 3.05) is 0 Å². The maximum Gasteiger partial charge on any atom is 0.307 e. The predicted molar refractivity (Wildman–Crippen MR) is 66.0 cm³/mol. The van der Waals surface area contributed by atoms with Gasteiger partial charge >= 0.3 is 5.97 Å². The summed E-state index contributed by atoms with van der Waals surface area (Å²) >= 11 is 0. The van der Waals surface area contributed by atoms with Crippen LogP contribution in [0.3, 0.4) is 0 Å². The normalized spacial score (nSPS) is 23.4. The average Bonchev–Trinajstić information content (AvgIpc) is 2.21. The minimum absolute atomic E-state index is 0.182. The minimum atomic E-state index is -0.182. The Kier molecular flexibility index (Phi) is 6.95. The number of ether oxygens (including phenoxy) is 1. The van der Waals surface area contributed by atoms with Gasteiger partial charge in [-0.2, -0.15) is 0 Å². The van der Waals surface area contributed by atoms with Gasteiger partial charge in [0.2, 0.25) is 0 Å². The van der Waals surface area contributed by atoms with Crippen LogP contribution in [0, 0.1) is 0 Å². The van der Waals surface area contributed by atoms with E-state index < -0.39 is 0 Å². The van der Waals surface area contributed by atoms with Crippen molar-refractivity contribution >= 4 is 5.97 Å². The smallest absolute Gasteiger partial charge is 0.307 e. The zero-order valence-corrected chi connectivity index (χ0v) is 10.5. The van der Waals surface area contributed by atoms with Gasteiger partial charge in [-0.25, -0.2) is 0 Å². The zero-order valence-electron chi connectivity index (χ0n) is 10.5. The van der Waals surface area contributed by atoms with Crippen LogP contribution in [0.1, 0.15) is 71.1 Å². The van der Waals surface area contributed by atoms with Crippen LogP contribution < -0.4 is 0 Å². The molecule has 1 aliphatic rings. The van der Waals surface area contributed by atoms with Gasteiger partial charge in [0.25, 0.3) is 0 Å². The Bertz CT molecular complexity index is 231. The van der Waals surface area contributed by atoms with Gasteiger partial charge in [0.1, 0.15) is 5.76 Å². The SMILES string of the molecule is CC(=O)O/C1=C\CCCCCCCCCC1. The van der Waals surface area contributed by atoms with Crippen LogP contribution in [0.5, 0.6) is 0 Å². The van der Waals surface area contributed by atoms with Gasteiger partial charge in [0.05, 0.1) is 0 Å². The zero-order chi connectivity index (χ0) is 11.6. The number of allylic oxidation sites excluding steroid dienone is 2. The summed E-state index contributed by atoms with van der Waals surface area (Å²) in [5, 5.41) is 0. The number of carbonyl (C=O) groups is 1. The lowest BCUT2D eigenvalue weighted by Crippen LogP contribution is -1.99. The molecule has 92 valence electrons. The highest BCUT2D eigenvalue weighted by molar-refractivity contribution is 5.67. The van der Waals surface area contributed by atoms with E-state index in [-0.39, 0.29) is 5.97 Å². The highest BCUT2D eigenvalue weighted by atomic mass is 16.5. The predicted octanol–water partition coefficient (Wildman–Crippen LogP) is 4.35. The Morgan fingerprint density at radius 3 is 2.19 bits per heavy atom. The maximum atomic E-state index is 10.9. The van der Waals surface area contributed by atoms with E-state index >= 15 is 0 Å². The van der Waals surface area contributed by atoms with E-state index in [1.807, 2.05) is 0 Å². The molecule has 0 amide bonds. The molecule has 1 aliphatic carbocycles. The molecule has 2 heteroatoms. The molecule has 1 rings (SSSR count). The largest absolute Gasteiger partial charge is 0.432 e. The molecule has 0 heterocycles. The molecule has 2 nitrogen and oxygen atoms in total. The fraction of sp³-hybridized carbons (Fsp3) is 0.786. The lowest BCUT2D eigenvalue weighted by molar-refractivity contribution is -0.137. The standard InChI is InChI=1S/C14H24O2/c1-13(15)16-14-11-9-7-5-3-2-4-6-8-10-12-14/h11H,2-10,12H2,1H3/b14-11-. The Labute approximate surface area is 99.1 Å². The molecule has 0 aromatic carbocycles. The van der Waals surface area contributed by atoms with Gasteiger partial charge in [-0.15, -0.1) is 0 Å². The average molecular weight is 224 g/mol. The van der Waals surface area contributed by atoms with E-state index in [2.05, 4.69) is 6.08 Å². The fourth-order valence-electron chi connectivity index (χ4n) is 2.15. The highest BCUT2D eigenvalue weighted by Crippen LogP contribution is 2.17. The molecule has 0 spiro atoms. The number of carbonyl (C=O) groups excluding carboxylic acids is 1. The van der Waals surface area contributed by atoms with Crippen LogP contribution >= 0.6 is 0 Å². The van der Waals surface area contributed by atoms with Crippen molar-refractivity contribution in [1.29, 1.82) is 0 Å². The summed E-state index contributed by atoms with van der Waals surface area (Å²) in [7, 11) is 0. The first-order valence-corrected chi connectivity index (χ1v) is 6.66. The molecule has 0 fully saturated rings. The van der Waals surface area contributed by atoms with Crippen molar-refractivity contribution < 1.29 is 9.53 Å². The van der Waals surface area contributed by atoms with Gasteiger partial charge in [-0.1, -0.05) is 38.5 Å². The van der Waals surface area contributed by atoms with Gasteiger partial charge in [0.15, 0.2) is 0 Å². The molecule has 0 atom stereocenters. The first kappa shape index (κ1) is 13.3. The molecule has 0 aromatic rings. The molecule has 0 unspecified atom stereocenters. The van der Waals surface area contributed by atoms with E-state index in [0.29, 0.717) is 0 Å². The van der Waals surface area contributed by atoms with Gasteiger partial charge in [0, 0.05) is 13.3 Å². The molecule has 0 aliphatic heterocycles. The topological polar surface area (TPSA) is 26.3 Å². The van der Waals surface area contributed by atoms with E-state index in [0.717, 1.165) is 25.0 Å². The number of rotatable bonds is 1. The van der Waals surface area contributed by atoms with Gasteiger partial charge < -0.3 is 4.74 Å². The van der Waals surface area contributed by atoms with Crippen LogP contribution in [0.2, 0.25) is 0 Å². The quantitative estimate of drug-likeness (QED) is 0.619. The molecule has 0 saturated carbocycles.